The molecule has 0 bridgehead atoms. The zero-order valence-corrected chi connectivity index (χ0v) is 9.66. The van der Waals surface area contributed by atoms with Gasteiger partial charge in [-0.25, -0.2) is 4.79 Å². The van der Waals surface area contributed by atoms with Crippen LogP contribution < -0.4 is 10.1 Å². The third-order valence-electron chi connectivity index (χ3n) is 2.47. The number of para-hydroxylation sites is 1. The molecule has 1 aliphatic rings. The molecular formula is C12H15NO3. The summed E-state index contributed by atoms with van der Waals surface area (Å²) < 4.78 is 10.3. The van der Waals surface area contributed by atoms with Gasteiger partial charge in [0.1, 0.15) is 12.2 Å². The van der Waals surface area contributed by atoms with E-state index in [4.69, 9.17) is 9.47 Å². The molecule has 1 N–H and O–H groups in total. The molecule has 4 heteroatoms. The van der Waals surface area contributed by atoms with Gasteiger partial charge >= 0.3 is 5.97 Å². The average molecular weight is 221 g/mol. The molecule has 0 aliphatic carbocycles. The monoisotopic (exact) mass is 221 g/mol. The fourth-order valence-electron chi connectivity index (χ4n) is 1.71. The number of rotatable bonds is 1. The van der Waals surface area contributed by atoms with E-state index in [-0.39, 0.29) is 11.5 Å². The van der Waals surface area contributed by atoms with Crippen LogP contribution in [0.5, 0.6) is 5.75 Å². The molecule has 0 saturated heterocycles. The maximum Gasteiger partial charge on any atom is 0.341 e. The number of ether oxygens (including phenoxy) is 2. The van der Waals surface area contributed by atoms with Crippen molar-refractivity contribution in [2.75, 3.05) is 19.0 Å². The van der Waals surface area contributed by atoms with E-state index in [1.54, 1.807) is 6.07 Å². The Morgan fingerprint density at radius 2 is 2.25 bits per heavy atom. The molecule has 0 fully saturated rings. The summed E-state index contributed by atoms with van der Waals surface area (Å²) >= 11 is 0. The third kappa shape index (κ3) is 1.83. The van der Waals surface area contributed by atoms with E-state index < -0.39 is 0 Å². The summed E-state index contributed by atoms with van der Waals surface area (Å²) in [5.41, 5.74) is 1.17. The predicted molar refractivity (Wildman–Crippen MR) is 61.0 cm³/mol. The molecule has 1 aromatic rings. The minimum Gasteiger partial charge on any atom is -0.488 e. The van der Waals surface area contributed by atoms with Crippen LogP contribution >= 0.6 is 0 Å². The molecule has 4 nitrogen and oxygen atoms in total. The van der Waals surface area contributed by atoms with Crippen molar-refractivity contribution in [2.45, 2.75) is 19.4 Å². The highest BCUT2D eigenvalue weighted by Crippen LogP contribution is 2.35. The normalized spacial score (nSPS) is 16.7. The lowest BCUT2D eigenvalue weighted by Gasteiger charge is -2.34. The van der Waals surface area contributed by atoms with Crippen molar-refractivity contribution in [1.29, 1.82) is 0 Å². The highest BCUT2D eigenvalue weighted by atomic mass is 16.5. The maximum absolute atomic E-state index is 11.5. The van der Waals surface area contributed by atoms with E-state index in [0.29, 0.717) is 17.9 Å². The van der Waals surface area contributed by atoms with Crippen LogP contribution in [-0.2, 0) is 4.74 Å². The SMILES string of the molecule is COC(=O)c1cccc2c1OCC(C)(C)N2. The van der Waals surface area contributed by atoms with Crippen molar-refractivity contribution in [3.05, 3.63) is 23.8 Å². The van der Waals surface area contributed by atoms with Crippen LogP contribution in [0.3, 0.4) is 0 Å². The number of benzene rings is 1. The second kappa shape index (κ2) is 3.70. The van der Waals surface area contributed by atoms with Crippen LogP contribution in [0, 0.1) is 0 Å². The van der Waals surface area contributed by atoms with Crippen molar-refractivity contribution in [3.8, 4) is 5.75 Å². The summed E-state index contributed by atoms with van der Waals surface area (Å²) in [5, 5.41) is 3.32. The molecule has 2 rings (SSSR count). The average Bonchev–Trinajstić information content (AvgIpc) is 2.25. The molecule has 0 spiro atoms. The van der Waals surface area contributed by atoms with Gasteiger partial charge in [-0.1, -0.05) is 6.07 Å². The summed E-state index contributed by atoms with van der Waals surface area (Å²) in [5.74, 6) is 0.201. The molecule has 1 aromatic carbocycles. The van der Waals surface area contributed by atoms with Gasteiger partial charge in [-0.2, -0.15) is 0 Å². The van der Waals surface area contributed by atoms with Crippen LogP contribution in [0.4, 0.5) is 5.69 Å². The van der Waals surface area contributed by atoms with Gasteiger partial charge in [0.05, 0.1) is 18.3 Å². The number of hydrogen-bond acceptors (Lipinski definition) is 4. The molecular weight excluding hydrogens is 206 g/mol. The Morgan fingerprint density at radius 3 is 2.94 bits per heavy atom. The van der Waals surface area contributed by atoms with Crippen molar-refractivity contribution >= 4 is 11.7 Å². The lowest BCUT2D eigenvalue weighted by molar-refractivity contribution is 0.0594. The molecule has 0 unspecified atom stereocenters. The molecule has 0 saturated carbocycles. The maximum atomic E-state index is 11.5. The second-order valence-electron chi connectivity index (χ2n) is 4.47. The van der Waals surface area contributed by atoms with E-state index in [9.17, 15) is 4.79 Å². The molecule has 0 amide bonds. The van der Waals surface area contributed by atoms with Gasteiger partial charge < -0.3 is 14.8 Å². The topological polar surface area (TPSA) is 47.6 Å². The van der Waals surface area contributed by atoms with Gasteiger partial charge in [-0.05, 0) is 26.0 Å². The first-order chi connectivity index (χ1) is 7.53. The molecule has 1 aliphatic heterocycles. The van der Waals surface area contributed by atoms with E-state index in [1.165, 1.54) is 7.11 Å². The molecule has 0 radical (unpaired) electrons. The lowest BCUT2D eigenvalue weighted by atomic mass is 10.0. The number of anilines is 1. The Morgan fingerprint density at radius 1 is 1.50 bits per heavy atom. The minimum absolute atomic E-state index is 0.123. The highest BCUT2D eigenvalue weighted by molar-refractivity contribution is 5.95. The number of nitrogens with one attached hydrogen (secondary N) is 1. The van der Waals surface area contributed by atoms with E-state index in [2.05, 4.69) is 5.32 Å². The van der Waals surface area contributed by atoms with Crippen LogP contribution in [0.15, 0.2) is 18.2 Å². The number of carbonyl (C=O) groups is 1. The fraction of sp³-hybridized carbons (Fsp3) is 0.417. The predicted octanol–water partition coefficient (Wildman–Crippen LogP) is 2.06. The minimum atomic E-state index is -0.377. The molecule has 0 atom stereocenters. The summed E-state index contributed by atoms with van der Waals surface area (Å²) in [6, 6.07) is 5.40. The first kappa shape index (κ1) is 10.8. The quantitative estimate of drug-likeness (QED) is 0.737. The smallest absolute Gasteiger partial charge is 0.341 e. The standard InChI is InChI=1S/C12H15NO3/c1-12(2)7-16-10-8(11(14)15-3)5-4-6-9(10)13-12/h4-6,13H,7H2,1-3H3. The Bertz CT molecular complexity index is 426. The summed E-state index contributed by atoms with van der Waals surface area (Å²) in [6.45, 7) is 4.61. The highest BCUT2D eigenvalue weighted by Gasteiger charge is 2.28. The first-order valence-corrected chi connectivity index (χ1v) is 5.16. The van der Waals surface area contributed by atoms with Crippen LogP contribution in [0.2, 0.25) is 0 Å². The van der Waals surface area contributed by atoms with Crippen molar-refractivity contribution in [3.63, 3.8) is 0 Å². The molecule has 0 aromatic heterocycles. The lowest BCUT2D eigenvalue weighted by Crippen LogP contribution is -2.41. The number of fused-ring (bicyclic) bond motifs is 1. The van der Waals surface area contributed by atoms with Gasteiger partial charge in [0.25, 0.3) is 0 Å². The zero-order valence-electron chi connectivity index (χ0n) is 9.66. The fourth-order valence-corrected chi connectivity index (χ4v) is 1.71. The Labute approximate surface area is 94.6 Å². The van der Waals surface area contributed by atoms with Crippen molar-refractivity contribution < 1.29 is 14.3 Å². The largest absolute Gasteiger partial charge is 0.488 e. The summed E-state index contributed by atoms with van der Waals surface area (Å²) in [7, 11) is 1.36. The summed E-state index contributed by atoms with van der Waals surface area (Å²) in [6.07, 6.45) is 0. The van der Waals surface area contributed by atoms with Gasteiger partial charge in [-0.3, -0.25) is 0 Å². The second-order valence-corrected chi connectivity index (χ2v) is 4.47. The Hall–Kier alpha value is -1.71. The summed E-state index contributed by atoms with van der Waals surface area (Å²) in [4.78, 5) is 11.5. The van der Waals surface area contributed by atoms with E-state index >= 15 is 0 Å². The van der Waals surface area contributed by atoms with Crippen LogP contribution in [-0.4, -0.2) is 25.2 Å². The number of hydrogen-bond donors (Lipinski definition) is 1. The van der Waals surface area contributed by atoms with Gasteiger partial charge in [0, 0.05) is 0 Å². The van der Waals surface area contributed by atoms with E-state index in [0.717, 1.165) is 5.69 Å². The van der Waals surface area contributed by atoms with Crippen LogP contribution in [0.25, 0.3) is 0 Å². The van der Waals surface area contributed by atoms with Gasteiger partial charge in [0.15, 0.2) is 5.75 Å². The molecule has 1 heterocycles. The number of carbonyl (C=O) groups excluding carboxylic acids is 1. The van der Waals surface area contributed by atoms with Crippen molar-refractivity contribution in [1.82, 2.24) is 0 Å². The Balaban J connectivity index is 2.43. The zero-order chi connectivity index (χ0) is 11.8. The van der Waals surface area contributed by atoms with Gasteiger partial charge in [0.2, 0.25) is 0 Å². The number of methoxy groups -OCH3 is 1. The Kier molecular flexibility index (Phi) is 2.50. The van der Waals surface area contributed by atoms with E-state index in [1.807, 2.05) is 26.0 Å². The molecule has 16 heavy (non-hydrogen) atoms. The third-order valence-corrected chi connectivity index (χ3v) is 2.47. The van der Waals surface area contributed by atoms with Gasteiger partial charge in [-0.15, -0.1) is 0 Å². The molecule has 86 valence electrons. The van der Waals surface area contributed by atoms with Crippen LogP contribution in [0.1, 0.15) is 24.2 Å². The number of esters is 1. The first-order valence-electron chi connectivity index (χ1n) is 5.16. The van der Waals surface area contributed by atoms with Crippen molar-refractivity contribution in [2.24, 2.45) is 0 Å².